The minimum absolute atomic E-state index is 0.000626. The van der Waals surface area contributed by atoms with Crippen LogP contribution in [0.1, 0.15) is 23.2 Å². The number of benzene rings is 2. The SMILES string of the molecule is CS(=O)(=O)c1cccc(NC(=O)c2ccccc2N2CCCC2=O)c1. The number of carbonyl (C=O) groups is 2. The maximum atomic E-state index is 12.7. The van der Waals surface area contributed by atoms with E-state index < -0.39 is 9.84 Å². The monoisotopic (exact) mass is 358 g/mol. The van der Waals surface area contributed by atoms with Crippen LogP contribution >= 0.6 is 0 Å². The van der Waals surface area contributed by atoms with Crippen LogP contribution in [0.2, 0.25) is 0 Å². The number of nitrogens with one attached hydrogen (secondary N) is 1. The Morgan fingerprint density at radius 2 is 1.88 bits per heavy atom. The van der Waals surface area contributed by atoms with E-state index in [4.69, 9.17) is 0 Å². The molecule has 0 saturated carbocycles. The Kier molecular flexibility index (Phi) is 4.59. The molecular weight excluding hydrogens is 340 g/mol. The molecule has 0 unspecified atom stereocenters. The molecule has 1 aliphatic rings. The molecule has 6 nitrogen and oxygen atoms in total. The van der Waals surface area contributed by atoms with Gasteiger partial charge in [0, 0.05) is 24.9 Å². The van der Waals surface area contributed by atoms with E-state index in [0.717, 1.165) is 12.7 Å². The smallest absolute Gasteiger partial charge is 0.257 e. The zero-order chi connectivity index (χ0) is 18.0. The summed E-state index contributed by atoms with van der Waals surface area (Å²) in [6.07, 6.45) is 2.36. The lowest BCUT2D eigenvalue weighted by Gasteiger charge is -2.19. The predicted octanol–water partition coefficient (Wildman–Crippen LogP) is 2.47. The van der Waals surface area contributed by atoms with E-state index in [9.17, 15) is 18.0 Å². The summed E-state index contributed by atoms with van der Waals surface area (Å²) < 4.78 is 23.3. The molecule has 0 aliphatic carbocycles. The van der Waals surface area contributed by atoms with E-state index in [1.807, 2.05) is 0 Å². The summed E-state index contributed by atoms with van der Waals surface area (Å²) in [5.41, 5.74) is 1.33. The summed E-state index contributed by atoms with van der Waals surface area (Å²) in [5, 5.41) is 2.71. The van der Waals surface area contributed by atoms with Crippen molar-refractivity contribution in [2.45, 2.75) is 17.7 Å². The normalized spacial score (nSPS) is 14.6. The van der Waals surface area contributed by atoms with E-state index >= 15 is 0 Å². The third-order valence-electron chi connectivity index (χ3n) is 4.03. The van der Waals surface area contributed by atoms with Crippen LogP contribution < -0.4 is 10.2 Å². The second-order valence-corrected chi connectivity index (χ2v) is 7.94. The molecule has 2 amide bonds. The highest BCUT2D eigenvalue weighted by atomic mass is 32.2. The Morgan fingerprint density at radius 3 is 2.56 bits per heavy atom. The van der Waals surface area contributed by atoms with Crippen molar-refractivity contribution in [2.24, 2.45) is 0 Å². The molecule has 7 heteroatoms. The van der Waals surface area contributed by atoms with Crippen LogP contribution in [-0.4, -0.2) is 33.0 Å². The molecule has 1 N–H and O–H groups in total. The number of nitrogens with zero attached hydrogens (tertiary/aromatic N) is 1. The number of hydrogen-bond donors (Lipinski definition) is 1. The van der Waals surface area contributed by atoms with Crippen LogP contribution in [-0.2, 0) is 14.6 Å². The number of hydrogen-bond acceptors (Lipinski definition) is 4. The summed E-state index contributed by atoms with van der Waals surface area (Å²) in [6.45, 7) is 0.590. The van der Waals surface area contributed by atoms with Crippen molar-refractivity contribution < 1.29 is 18.0 Å². The Labute approximate surface area is 146 Å². The summed E-state index contributed by atoms with van der Waals surface area (Å²) in [6, 6.07) is 13.0. The van der Waals surface area contributed by atoms with Crippen LogP contribution in [0.3, 0.4) is 0 Å². The first-order valence-electron chi connectivity index (χ1n) is 7.87. The first-order chi connectivity index (χ1) is 11.9. The third kappa shape index (κ3) is 3.71. The highest BCUT2D eigenvalue weighted by molar-refractivity contribution is 7.90. The van der Waals surface area contributed by atoms with Gasteiger partial charge in [0.1, 0.15) is 0 Å². The van der Waals surface area contributed by atoms with Gasteiger partial charge in [0.05, 0.1) is 16.1 Å². The van der Waals surface area contributed by atoms with E-state index in [2.05, 4.69) is 5.32 Å². The fourth-order valence-electron chi connectivity index (χ4n) is 2.81. The number of amides is 2. The van der Waals surface area contributed by atoms with E-state index in [1.165, 1.54) is 12.1 Å². The molecule has 2 aromatic rings. The Bertz CT molecular complexity index is 938. The quantitative estimate of drug-likeness (QED) is 0.910. The lowest BCUT2D eigenvalue weighted by molar-refractivity contribution is -0.117. The first-order valence-corrected chi connectivity index (χ1v) is 9.76. The molecule has 1 saturated heterocycles. The van der Waals surface area contributed by atoms with Crippen LogP contribution in [0, 0.1) is 0 Å². The molecule has 0 radical (unpaired) electrons. The third-order valence-corrected chi connectivity index (χ3v) is 5.14. The number of rotatable bonds is 4. The molecule has 0 aromatic heterocycles. The van der Waals surface area contributed by atoms with Gasteiger partial charge in [-0.25, -0.2) is 8.42 Å². The fraction of sp³-hybridized carbons (Fsp3) is 0.222. The molecule has 0 bridgehead atoms. The van der Waals surface area contributed by atoms with Gasteiger partial charge in [0.25, 0.3) is 5.91 Å². The largest absolute Gasteiger partial charge is 0.322 e. The summed E-state index contributed by atoms with van der Waals surface area (Å²) in [4.78, 5) is 26.4. The van der Waals surface area contributed by atoms with Gasteiger partial charge >= 0.3 is 0 Å². The van der Waals surface area contributed by atoms with Crippen LogP contribution in [0.5, 0.6) is 0 Å². The topological polar surface area (TPSA) is 83.6 Å². The number of anilines is 2. The van der Waals surface area contributed by atoms with E-state index in [0.29, 0.717) is 29.9 Å². The van der Waals surface area contributed by atoms with Gasteiger partial charge < -0.3 is 10.2 Å². The molecular formula is C18H18N2O4S. The molecule has 25 heavy (non-hydrogen) atoms. The first kappa shape index (κ1) is 17.2. The van der Waals surface area contributed by atoms with Crippen molar-refractivity contribution in [1.82, 2.24) is 0 Å². The van der Waals surface area contributed by atoms with Crippen molar-refractivity contribution in [1.29, 1.82) is 0 Å². The molecule has 0 atom stereocenters. The number of para-hydroxylation sites is 1. The molecule has 1 fully saturated rings. The minimum Gasteiger partial charge on any atom is -0.322 e. The minimum atomic E-state index is -3.36. The van der Waals surface area contributed by atoms with Gasteiger partial charge in [-0.2, -0.15) is 0 Å². The predicted molar refractivity (Wildman–Crippen MR) is 95.5 cm³/mol. The van der Waals surface area contributed by atoms with Gasteiger partial charge in [-0.1, -0.05) is 18.2 Å². The maximum Gasteiger partial charge on any atom is 0.257 e. The summed E-state index contributed by atoms with van der Waals surface area (Å²) in [7, 11) is -3.36. The zero-order valence-corrected chi connectivity index (χ0v) is 14.5. The molecule has 130 valence electrons. The van der Waals surface area contributed by atoms with Crippen LogP contribution in [0.25, 0.3) is 0 Å². The van der Waals surface area contributed by atoms with Gasteiger partial charge in [0.2, 0.25) is 5.91 Å². The van der Waals surface area contributed by atoms with Crippen molar-refractivity contribution in [3.8, 4) is 0 Å². The second-order valence-electron chi connectivity index (χ2n) is 5.92. The average molecular weight is 358 g/mol. The van der Waals surface area contributed by atoms with Crippen molar-refractivity contribution in [3.63, 3.8) is 0 Å². The fourth-order valence-corrected chi connectivity index (χ4v) is 3.47. The summed E-state index contributed by atoms with van der Waals surface area (Å²) >= 11 is 0. The van der Waals surface area contributed by atoms with Gasteiger partial charge in [-0.15, -0.1) is 0 Å². The highest BCUT2D eigenvalue weighted by Gasteiger charge is 2.25. The Morgan fingerprint density at radius 1 is 1.12 bits per heavy atom. The standard InChI is InChI=1S/C18H18N2O4S/c1-25(23,24)14-7-4-6-13(12-14)19-18(22)15-8-2-3-9-16(15)20-11-5-10-17(20)21/h2-4,6-9,12H,5,10-11H2,1H3,(H,19,22). The maximum absolute atomic E-state index is 12.7. The van der Waals surface area contributed by atoms with E-state index in [-0.39, 0.29) is 16.7 Å². The van der Waals surface area contributed by atoms with Crippen molar-refractivity contribution >= 4 is 33.0 Å². The zero-order valence-electron chi connectivity index (χ0n) is 13.7. The van der Waals surface area contributed by atoms with Gasteiger partial charge in [-0.05, 0) is 36.8 Å². The molecule has 1 heterocycles. The molecule has 1 aliphatic heterocycles. The van der Waals surface area contributed by atoms with Crippen LogP contribution in [0.4, 0.5) is 11.4 Å². The van der Waals surface area contributed by atoms with Crippen molar-refractivity contribution in [3.05, 3.63) is 54.1 Å². The second kappa shape index (κ2) is 6.68. The Hall–Kier alpha value is -2.67. The number of sulfone groups is 1. The average Bonchev–Trinajstić information content (AvgIpc) is 3.00. The van der Waals surface area contributed by atoms with Gasteiger partial charge in [0.15, 0.2) is 9.84 Å². The lowest BCUT2D eigenvalue weighted by atomic mass is 10.1. The van der Waals surface area contributed by atoms with Crippen LogP contribution in [0.15, 0.2) is 53.4 Å². The van der Waals surface area contributed by atoms with E-state index in [1.54, 1.807) is 41.3 Å². The molecule has 0 spiro atoms. The summed E-state index contributed by atoms with van der Waals surface area (Å²) in [5.74, 6) is -0.389. The Balaban J connectivity index is 1.89. The number of carbonyl (C=O) groups excluding carboxylic acids is 2. The lowest BCUT2D eigenvalue weighted by Crippen LogP contribution is -2.27. The highest BCUT2D eigenvalue weighted by Crippen LogP contribution is 2.26. The molecule has 2 aromatic carbocycles. The van der Waals surface area contributed by atoms with Gasteiger partial charge in [-0.3, -0.25) is 9.59 Å². The van der Waals surface area contributed by atoms with Crippen molar-refractivity contribution in [2.75, 3.05) is 23.0 Å². The molecule has 3 rings (SSSR count).